The number of ether oxygens (including phenoxy) is 1. The number of nitrogens with one attached hydrogen (secondary N) is 1. The van der Waals surface area contributed by atoms with Crippen LogP contribution < -0.4 is 5.32 Å². The highest BCUT2D eigenvalue weighted by Gasteiger charge is 2.49. The van der Waals surface area contributed by atoms with Gasteiger partial charge in [0.2, 0.25) is 0 Å². The van der Waals surface area contributed by atoms with Crippen molar-refractivity contribution in [1.82, 2.24) is 5.32 Å². The van der Waals surface area contributed by atoms with Crippen LogP contribution in [0.1, 0.15) is 73.1 Å². The second-order valence-electron chi connectivity index (χ2n) is 8.05. The lowest BCUT2D eigenvalue weighted by Crippen LogP contribution is -2.61. The molecule has 0 aliphatic heterocycles. The maximum Gasteiger partial charge on any atom is 0.0659 e. The zero-order chi connectivity index (χ0) is 14.1. The lowest BCUT2D eigenvalue weighted by atomic mass is 9.64. The minimum atomic E-state index is 0.308. The van der Waals surface area contributed by atoms with Gasteiger partial charge in [-0.25, -0.2) is 0 Å². The van der Waals surface area contributed by atoms with Gasteiger partial charge in [-0.2, -0.15) is 0 Å². The predicted molar refractivity (Wildman–Crippen MR) is 81.4 cm³/mol. The Labute approximate surface area is 119 Å². The molecule has 2 rings (SSSR count). The van der Waals surface area contributed by atoms with Crippen LogP contribution in [0.2, 0.25) is 0 Å². The fraction of sp³-hybridized carbons (Fsp3) is 1.00. The Hall–Kier alpha value is -0.0800. The molecule has 2 heteroatoms. The van der Waals surface area contributed by atoms with Crippen LogP contribution >= 0.6 is 0 Å². The van der Waals surface area contributed by atoms with Crippen LogP contribution in [0.3, 0.4) is 0 Å². The van der Waals surface area contributed by atoms with Crippen LogP contribution in [-0.4, -0.2) is 24.8 Å². The maximum absolute atomic E-state index is 6.41. The van der Waals surface area contributed by atoms with E-state index in [0.717, 1.165) is 6.54 Å². The molecule has 2 atom stereocenters. The van der Waals surface area contributed by atoms with E-state index in [2.05, 4.69) is 39.9 Å². The molecule has 0 aromatic carbocycles. The summed E-state index contributed by atoms with van der Waals surface area (Å²) in [5, 5.41) is 3.66. The molecule has 1 N–H and O–H groups in total. The first kappa shape index (κ1) is 15.3. The Balaban J connectivity index is 1.76. The SMILES string of the molecule is CCCNC1CC(OC2CCC(C)(C)CC2)C1(C)C. The van der Waals surface area contributed by atoms with E-state index in [9.17, 15) is 0 Å². The van der Waals surface area contributed by atoms with Gasteiger partial charge in [-0.05, 0) is 50.5 Å². The number of hydrogen-bond acceptors (Lipinski definition) is 2. The maximum atomic E-state index is 6.41. The van der Waals surface area contributed by atoms with Gasteiger partial charge >= 0.3 is 0 Å². The zero-order valence-corrected chi connectivity index (χ0v) is 13.6. The van der Waals surface area contributed by atoms with Crippen molar-refractivity contribution >= 4 is 0 Å². The number of hydrogen-bond donors (Lipinski definition) is 1. The van der Waals surface area contributed by atoms with Crippen LogP contribution in [0, 0.1) is 10.8 Å². The van der Waals surface area contributed by atoms with Crippen LogP contribution in [0.4, 0.5) is 0 Å². The van der Waals surface area contributed by atoms with Crippen LogP contribution in [-0.2, 0) is 4.74 Å². The standard InChI is InChI=1S/C17H33NO/c1-6-11-18-14-12-15(17(14,4)5)19-13-7-9-16(2,3)10-8-13/h13-15,18H,6-12H2,1-5H3. The van der Waals surface area contributed by atoms with E-state index in [1.807, 2.05) is 0 Å². The quantitative estimate of drug-likeness (QED) is 0.808. The average molecular weight is 267 g/mol. The molecule has 0 bridgehead atoms. The molecular weight excluding hydrogens is 234 g/mol. The van der Waals surface area contributed by atoms with Gasteiger partial charge in [0, 0.05) is 11.5 Å². The van der Waals surface area contributed by atoms with Crippen molar-refractivity contribution < 1.29 is 4.74 Å². The van der Waals surface area contributed by atoms with E-state index >= 15 is 0 Å². The highest BCUT2D eigenvalue weighted by molar-refractivity contribution is 5.03. The molecule has 2 aliphatic carbocycles. The highest BCUT2D eigenvalue weighted by Crippen LogP contribution is 2.45. The van der Waals surface area contributed by atoms with E-state index in [4.69, 9.17) is 4.74 Å². The molecule has 2 saturated carbocycles. The molecule has 2 nitrogen and oxygen atoms in total. The lowest BCUT2D eigenvalue weighted by Gasteiger charge is -2.53. The van der Waals surface area contributed by atoms with Crippen molar-refractivity contribution in [2.45, 2.75) is 91.4 Å². The first-order valence-corrected chi connectivity index (χ1v) is 8.24. The Kier molecular flexibility index (Phi) is 4.62. The van der Waals surface area contributed by atoms with Crippen molar-refractivity contribution in [2.75, 3.05) is 6.54 Å². The summed E-state index contributed by atoms with van der Waals surface area (Å²) in [6, 6.07) is 0.650. The van der Waals surface area contributed by atoms with Gasteiger partial charge in [-0.15, -0.1) is 0 Å². The second kappa shape index (κ2) is 5.73. The molecule has 0 spiro atoms. The summed E-state index contributed by atoms with van der Waals surface area (Å²) >= 11 is 0. The van der Waals surface area contributed by atoms with Crippen LogP contribution in [0.5, 0.6) is 0 Å². The van der Waals surface area contributed by atoms with E-state index in [1.54, 1.807) is 0 Å². The fourth-order valence-electron chi connectivity index (χ4n) is 3.52. The van der Waals surface area contributed by atoms with Crippen molar-refractivity contribution in [3.05, 3.63) is 0 Å². The van der Waals surface area contributed by atoms with E-state index < -0.39 is 0 Å². The molecule has 2 unspecified atom stereocenters. The lowest BCUT2D eigenvalue weighted by molar-refractivity contribution is -0.158. The van der Waals surface area contributed by atoms with E-state index in [-0.39, 0.29) is 0 Å². The normalized spacial score (nSPS) is 33.9. The molecule has 2 fully saturated rings. The largest absolute Gasteiger partial charge is 0.374 e. The monoisotopic (exact) mass is 267 g/mol. The molecule has 0 aromatic heterocycles. The molecule has 112 valence electrons. The molecule has 0 heterocycles. The Morgan fingerprint density at radius 2 is 1.74 bits per heavy atom. The van der Waals surface area contributed by atoms with Gasteiger partial charge < -0.3 is 10.1 Å². The minimum absolute atomic E-state index is 0.308. The summed E-state index contributed by atoms with van der Waals surface area (Å²) in [4.78, 5) is 0. The highest BCUT2D eigenvalue weighted by atomic mass is 16.5. The molecule has 0 amide bonds. The number of rotatable bonds is 5. The van der Waals surface area contributed by atoms with Gasteiger partial charge in [-0.3, -0.25) is 0 Å². The summed E-state index contributed by atoms with van der Waals surface area (Å²) in [6.45, 7) is 12.9. The molecule has 2 aliphatic rings. The van der Waals surface area contributed by atoms with E-state index in [0.29, 0.717) is 29.1 Å². The molecular formula is C17H33NO. The predicted octanol–water partition coefficient (Wildman–Crippen LogP) is 4.14. The smallest absolute Gasteiger partial charge is 0.0659 e. The zero-order valence-electron chi connectivity index (χ0n) is 13.6. The van der Waals surface area contributed by atoms with Gasteiger partial charge in [0.25, 0.3) is 0 Å². The Morgan fingerprint density at radius 1 is 1.11 bits per heavy atom. The van der Waals surface area contributed by atoms with Crippen LogP contribution in [0.15, 0.2) is 0 Å². The summed E-state index contributed by atoms with van der Waals surface area (Å²) < 4.78 is 6.41. The third-order valence-electron chi connectivity index (χ3n) is 5.46. The van der Waals surface area contributed by atoms with Crippen molar-refractivity contribution in [2.24, 2.45) is 10.8 Å². The Morgan fingerprint density at radius 3 is 2.26 bits per heavy atom. The van der Waals surface area contributed by atoms with Crippen LogP contribution in [0.25, 0.3) is 0 Å². The minimum Gasteiger partial charge on any atom is -0.374 e. The molecule has 0 saturated heterocycles. The second-order valence-corrected chi connectivity index (χ2v) is 8.05. The summed E-state index contributed by atoms with van der Waals surface area (Å²) in [7, 11) is 0. The molecule has 19 heavy (non-hydrogen) atoms. The fourth-order valence-corrected chi connectivity index (χ4v) is 3.52. The van der Waals surface area contributed by atoms with Crippen molar-refractivity contribution in [3.63, 3.8) is 0 Å². The molecule has 0 radical (unpaired) electrons. The summed E-state index contributed by atoms with van der Waals surface area (Å²) in [6.07, 6.45) is 8.56. The third kappa shape index (κ3) is 3.52. The van der Waals surface area contributed by atoms with Crippen molar-refractivity contribution in [1.29, 1.82) is 0 Å². The summed E-state index contributed by atoms with van der Waals surface area (Å²) in [5.74, 6) is 0. The van der Waals surface area contributed by atoms with E-state index in [1.165, 1.54) is 38.5 Å². The summed E-state index contributed by atoms with van der Waals surface area (Å²) in [5.41, 5.74) is 0.850. The topological polar surface area (TPSA) is 21.3 Å². The van der Waals surface area contributed by atoms with Gasteiger partial charge in [0.05, 0.1) is 12.2 Å². The van der Waals surface area contributed by atoms with Gasteiger partial charge in [-0.1, -0.05) is 34.6 Å². The average Bonchev–Trinajstić information content (AvgIpc) is 2.34. The first-order chi connectivity index (χ1) is 8.85. The molecule has 0 aromatic rings. The third-order valence-corrected chi connectivity index (χ3v) is 5.46. The Bertz CT molecular complexity index is 288. The van der Waals surface area contributed by atoms with Crippen molar-refractivity contribution in [3.8, 4) is 0 Å². The van der Waals surface area contributed by atoms with Gasteiger partial charge in [0.15, 0.2) is 0 Å². The first-order valence-electron chi connectivity index (χ1n) is 8.24. The van der Waals surface area contributed by atoms with Gasteiger partial charge in [0.1, 0.15) is 0 Å².